The first-order valence-electron chi connectivity index (χ1n) is 31.6. The van der Waals surface area contributed by atoms with Crippen molar-refractivity contribution in [1.82, 2.24) is 5.32 Å². The van der Waals surface area contributed by atoms with Crippen LogP contribution in [0, 0.1) is 0 Å². The van der Waals surface area contributed by atoms with Gasteiger partial charge in [0, 0.05) is 12.8 Å². The predicted octanol–water partition coefficient (Wildman–Crippen LogP) is 19.8. The minimum Gasteiger partial charge on any atom is -0.466 e. The smallest absolute Gasteiger partial charge is 0.305 e. The van der Waals surface area contributed by atoms with Gasteiger partial charge in [0.15, 0.2) is 0 Å². The third kappa shape index (κ3) is 55.7. The highest BCUT2D eigenvalue weighted by Crippen LogP contribution is 2.18. The summed E-state index contributed by atoms with van der Waals surface area (Å²) in [5.74, 6) is -0.0265. The summed E-state index contributed by atoms with van der Waals surface area (Å²) in [5, 5.41) is 23.2. The van der Waals surface area contributed by atoms with Crippen LogP contribution in [0.15, 0.2) is 24.3 Å². The molecule has 0 aromatic heterocycles. The third-order valence-electron chi connectivity index (χ3n) is 14.7. The summed E-state index contributed by atoms with van der Waals surface area (Å²) in [4.78, 5) is 24.4. The molecule has 2 atom stereocenters. The highest BCUT2D eigenvalue weighted by molar-refractivity contribution is 5.76. The molecule has 6 heteroatoms. The molecule has 0 heterocycles. The van der Waals surface area contributed by atoms with Crippen molar-refractivity contribution in [3.05, 3.63) is 24.3 Å². The summed E-state index contributed by atoms with van der Waals surface area (Å²) in [6, 6.07) is -0.539. The van der Waals surface area contributed by atoms with Gasteiger partial charge in [-0.25, -0.2) is 0 Å². The van der Waals surface area contributed by atoms with Crippen molar-refractivity contribution >= 4 is 11.9 Å². The molecule has 0 aliphatic heterocycles. The van der Waals surface area contributed by atoms with E-state index in [0.29, 0.717) is 25.9 Å². The number of carbonyl (C=O) groups excluding carboxylic acids is 2. The van der Waals surface area contributed by atoms with Gasteiger partial charge in [-0.15, -0.1) is 0 Å². The lowest BCUT2D eigenvalue weighted by Crippen LogP contribution is -2.45. The number of rotatable bonds is 59. The highest BCUT2D eigenvalue weighted by Gasteiger charge is 2.20. The van der Waals surface area contributed by atoms with Crippen LogP contribution in [-0.4, -0.2) is 47.4 Å². The van der Waals surface area contributed by atoms with Crippen molar-refractivity contribution in [3.63, 3.8) is 0 Å². The normalized spacial score (nSPS) is 12.7. The van der Waals surface area contributed by atoms with Crippen molar-refractivity contribution in [2.24, 2.45) is 0 Å². The Hall–Kier alpha value is -1.66. The summed E-state index contributed by atoms with van der Waals surface area (Å²) < 4.78 is 5.46. The lowest BCUT2D eigenvalue weighted by atomic mass is 10.0. The van der Waals surface area contributed by atoms with Crippen molar-refractivity contribution in [2.45, 2.75) is 360 Å². The number of hydrogen-bond donors (Lipinski definition) is 3. The van der Waals surface area contributed by atoms with E-state index in [-0.39, 0.29) is 18.5 Å². The number of hydrogen-bond acceptors (Lipinski definition) is 5. The quantitative estimate of drug-likeness (QED) is 0.0321. The minimum atomic E-state index is -0.661. The number of aliphatic hydroxyl groups excluding tert-OH is 2. The molecule has 0 saturated carbocycles. The van der Waals surface area contributed by atoms with E-state index in [1.807, 2.05) is 0 Å². The second kappa shape index (κ2) is 59.9. The molecule has 0 aliphatic rings. The van der Waals surface area contributed by atoms with Crippen molar-refractivity contribution in [3.8, 4) is 0 Å². The van der Waals surface area contributed by atoms with Crippen LogP contribution in [0.3, 0.4) is 0 Å². The predicted molar refractivity (Wildman–Crippen MR) is 306 cm³/mol. The standard InChI is InChI=1S/C64H123NO5/c1-3-5-7-9-11-13-15-37-40-44-48-52-56-62(67)61(60-66)65-63(68)57-53-49-45-41-38-34-32-30-28-26-24-22-20-18-16-17-19-21-23-25-27-29-31-33-35-39-43-47-51-55-59-70-64(69)58-54-50-46-42-36-14-12-10-8-6-4-2/h10,12,17,19,61-62,66-67H,3-9,11,13-16,18,20-60H2,1-2H3,(H,65,68)/b12-10-,19-17-. The van der Waals surface area contributed by atoms with E-state index in [1.165, 1.54) is 270 Å². The number of nitrogens with one attached hydrogen (secondary N) is 1. The summed E-state index contributed by atoms with van der Waals surface area (Å²) in [5.41, 5.74) is 0. The van der Waals surface area contributed by atoms with Gasteiger partial charge in [0.2, 0.25) is 5.91 Å². The van der Waals surface area contributed by atoms with Crippen LogP contribution in [0.5, 0.6) is 0 Å². The second-order valence-corrected chi connectivity index (χ2v) is 21.7. The van der Waals surface area contributed by atoms with Crippen LogP contribution in [0.4, 0.5) is 0 Å². The molecule has 0 spiro atoms. The number of allylic oxidation sites excluding steroid dienone is 4. The molecule has 0 saturated heterocycles. The van der Waals surface area contributed by atoms with Gasteiger partial charge >= 0.3 is 5.97 Å². The van der Waals surface area contributed by atoms with Gasteiger partial charge in [-0.2, -0.15) is 0 Å². The maximum Gasteiger partial charge on any atom is 0.305 e. The maximum atomic E-state index is 12.5. The first-order chi connectivity index (χ1) is 34.5. The summed E-state index contributed by atoms with van der Waals surface area (Å²) in [7, 11) is 0. The third-order valence-corrected chi connectivity index (χ3v) is 14.7. The Labute approximate surface area is 437 Å². The molecule has 0 aliphatic carbocycles. The van der Waals surface area contributed by atoms with Gasteiger partial charge < -0.3 is 20.3 Å². The summed E-state index contributed by atoms with van der Waals surface area (Å²) in [6.07, 6.45) is 73.5. The van der Waals surface area contributed by atoms with E-state index in [1.54, 1.807) is 0 Å². The minimum absolute atomic E-state index is 0.00610. The fourth-order valence-corrected chi connectivity index (χ4v) is 9.85. The van der Waals surface area contributed by atoms with Gasteiger partial charge in [-0.1, -0.05) is 289 Å². The molecular formula is C64H123NO5. The Balaban J connectivity index is 3.35. The van der Waals surface area contributed by atoms with Crippen molar-refractivity contribution in [2.75, 3.05) is 13.2 Å². The topological polar surface area (TPSA) is 95.9 Å². The average molecular weight is 987 g/mol. The Morgan fingerprint density at radius 1 is 0.386 bits per heavy atom. The van der Waals surface area contributed by atoms with Gasteiger partial charge in [-0.05, 0) is 70.6 Å². The Kier molecular flexibility index (Phi) is 58.5. The van der Waals surface area contributed by atoms with Gasteiger partial charge in [-0.3, -0.25) is 9.59 Å². The molecular weight excluding hydrogens is 863 g/mol. The lowest BCUT2D eigenvalue weighted by molar-refractivity contribution is -0.143. The SMILES string of the molecule is CCCC/C=C\CCCCCCCC(=O)OCCCCCCCCCCCCCC/C=C\CCCCCCCCCCCCCCCCC(=O)NC(CO)C(O)CCCCCCCCCCCCCC. The average Bonchev–Trinajstić information content (AvgIpc) is 3.36. The molecule has 0 aromatic carbocycles. The van der Waals surface area contributed by atoms with E-state index < -0.39 is 12.1 Å². The van der Waals surface area contributed by atoms with E-state index in [2.05, 4.69) is 43.5 Å². The maximum absolute atomic E-state index is 12.5. The first kappa shape index (κ1) is 68.3. The van der Waals surface area contributed by atoms with Gasteiger partial charge in [0.1, 0.15) is 0 Å². The van der Waals surface area contributed by atoms with Crippen LogP contribution in [0.2, 0.25) is 0 Å². The fourth-order valence-electron chi connectivity index (χ4n) is 9.85. The zero-order valence-electron chi connectivity index (χ0n) is 47.3. The number of unbranched alkanes of at least 4 members (excludes halogenated alkanes) is 44. The monoisotopic (exact) mass is 986 g/mol. The fraction of sp³-hybridized carbons (Fsp3) is 0.906. The molecule has 0 fully saturated rings. The number of ether oxygens (including phenoxy) is 1. The van der Waals surface area contributed by atoms with Gasteiger partial charge in [0.25, 0.3) is 0 Å². The highest BCUT2D eigenvalue weighted by atomic mass is 16.5. The zero-order chi connectivity index (χ0) is 50.7. The molecule has 70 heavy (non-hydrogen) atoms. The van der Waals surface area contributed by atoms with Crippen LogP contribution in [0.25, 0.3) is 0 Å². The van der Waals surface area contributed by atoms with Crippen LogP contribution in [-0.2, 0) is 14.3 Å². The molecule has 3 N–H and O–H groups in total. The first-order valence-corrected chi connectivity index (χ1v) is 31.6. The largest absolute Gasteiger partial charge is 0.466 e. The van der Waals surface area contributed by atoms with E-state index in [4.69, 9.17) is 4.74 Å². The number of amides is 1. The van der Waals surface area contributed by atoms with E-state index in [9.17, 15) is 19.8 Å². The molecule has 1 amide bonds. The van der Waals surface area contributed by atoms with Crippen molar-refractivity contribution < 1.29 is 24.5 Å². The second-order valence-electron chi connectivity index (χ2n) is 21.7. The zero-order valence-corrected chi connectivity index (χ0v) is 47.3. The Bertz CT molecular complexity index is 1090. The molecule has 0 aromatic rings. The summed E-state index contributed by atoms with van der Waals surface area (Å²) in [6.45, 7) is 4.93. The number of aliphatic hydroxyl groups is 2. The van der Waals surface area contributed by atoms with Crippen LogP contribution in [0.1, 0.15) is 348 Å². The lowest BCUT2D eigenvalue weighted by Gasteiger charge is -2.22. The van der Waals surface area contributed by atoms with E-state index in [0.717, 1.165) is 44.9 Å². The Morgan fingerprint density at radius 2 is 0.686 bits per heavy atom. The molecule has 0 bridgehead atoms. The van der Waals surface area contributed by atoms with E-state index >= 15 is 0 Å². The Morgan fingerprint density at radius 3 is 1.06 bits per heavy atom. The van der Waals surface area contributed by atoms with Crippen molar-refractivity contribution in [1.29, 1.82) is 0 Å². The van der Waals surface area contributed by atoms with Gasteiger partial charge in [0.05, 0.1) is 25.4 Å². The molecule has 0 rings (SSSR count). The van der Waals surface area contributed by atoms with Crippen LogP contribution >= 0.6 is 0 Å². The molecule has 0 radical (unpaired) electrons. The molecule has 2 unspecified atom stereocenters. The van der Waals surface area contributed by atoms with Crippen LogP contribution < -0.4 is 5.32 Å². The molecule has 414 valence electrons. The number of carbonyl (C=O) groups is 2. The number of esters is 1. The summed E-state index contributed by atoms with van der Waals surface area (Å²) >= 11 is 0. The molecule has 6 nitrogen and oxygen atoms in total.